The maximum absolute atomic E-state index is 10.3. The first-order valence-corrected chi connectivity index (χ1v) is 10.5. The molecule has 0 aliphatic rings. The highest BCUT2D eigenvalue weighted by molar-refractivity contribution is 6.60. The first kappa shape index (κ1) is 23.3. The van der Waals surface area contributed by atoms with Crippen LogP contribution in [0.1, 0.15) is 33.6 Å². The Morgan fingerprint density at radius 2 is 1.71 bits per heavy atom. The van der Waals surface area contributed by atoms with E-state index in [-0.39, 0.29) is 12.6 Å². The van der Waals surface area contributed by atoms with E-state index in [4.69, 9.17) is 27.9 Å². The van der Waals surface area contributed by atoms with Gasteiger partial charge in [-0.1, -0.05) is 0 Å². The molecule has 1 unspecified atom stereocenters. The molecule has 9 heteroatoms. The predicted octanol–water partition coefficient (Wildman–Crippen LogP) is 2.11. The fraction of sp³-hybridized carbons (Fsp3) is 0.933. The van der Waals surface area contributed by atoms with Crippen molar-refractivity contribution in [3.63, 3.8) is 0 Å². The molecule has 0 rings (SSSR count). The second-order valence-electron chi connectivity index (χ2n) is 5.04. The van der Waals surface area contributed by atoms with Crippen LogP contribution in [0.4, 0.5) is 4.79 Å². The highest BCUT2D eigenvalue weighted by Gasteiger charge is 2.39. The molecule has 0 aliphatic heterocycles. The Hall–Kier alpha value is -0.713. The molecule has 1 amide bonds. The van der Waals surface area contributed by atoms with Crippen LogP contribution >= 0.6 is 0 Å². The highest BCUT2D eigenvalue weighted by Crippen LogP contribution is 2.20. The second kappa shape index (κ2) is 14.6. The maximum atomic E-state index is 10.3. The van der Waals surface area contributed by atoms with Crippen LogP contribution in [0.25, 0.3) is 0 Å². The number of ether oxygens (including phenoxy) is 2. The van der Waals surface area contributed by atoms with Crippen LogP contribution in [0.15, 0.2) is 0 Å². The third kappa shape index (κ3) is 10.9. The zero-order valence-electron chi connectivity index (χ0n) is 15.3. The van der Waals surface area contributed by atoms with Gasteiger partial charge >= 0.3 is 14.9 Å². The Labute approximate surface area is 146 Å². The number of carbonyl (C=O) groups is 1. The number of hydrogen-bond donors (Lipinski definition) is 2. The molecular weight excluding hydrogens is 334 g/mol. The minimum Gasteiger partial charge on any atom is -0.465 e. The molecule has 0 radical (unpaired) electrons. The van der Waals surface area contributed by atoms with Crippen molar-refractivity contribution in [2.24, 2.45) is 0 Å². The zero-order valence-corrected chi connectivity index (χ0v) is 16.3. The van der Waals surface area contributed by atoms with Gasteiger partial charge in [-0.2, -0.15) is 0 Å². The second-order valence-corrected chi connectivity index (χ2v) is 7.77. The van der Waals surface area contributed by atoms with Crippen LogP contribution in [-0.2, 0) is 22.8 Å². The summed E-state index contributed by atoms with van der Waals surface area (Å²) < 4.78 is 28.3. The van der Waals surface area contributed by atoms with E-state index in [0.29, 0.717) is 33.0 Å². The van der Waals surface area contributed by atoms with Gasteiger partial charge in [0.05, 0.1) is 19.3 Å². The molecular formula is C15H33NO7Si. The van der Waals surface area contributed by atoms with E-state index >= 15 is 0 Å². The normalized spacial score (nSPS) is 13.0. The zero-order chi connectivity index (χ0) is 18.3. The minimum atomic E-state index is -2.60. The van der Waals surface area contributed by atoms with Gasteiger partial charge in [0.25, 0.3) is 0 Å². The number of carboxylic acid groups (broad SMARTS) is 1. The number of hydrogen-bond acceptors (Lipinski definition) is 6. The molecule has 0 saturated carbocycles. The summed E-state index contributed by atoms with van der Waals surface area (Å²) in [6.45, 7) is 8.54. The van der Waals surface area contributed by atoms with E-state index in [1.54, 1.807) is 7.11 Å². The number of rotatable bonds is 16. The fourth-order valence-corrected chi connectivity index (χ4v) is 4.90. The monoisotopic (exact) mass is 367 g/mol. The molecule has 0 saturated heterocycles. The summed E-state index contributed by atoms with van der Waals surface area (Å²) in [6.07, 6.45) is 0.545. The average Bonchev–Trinajstić information content (AvgIpc) is 2.53. The van der Waals surface area contributed by atoms with Gasteiger partial charge in [-0.05, 0) is 33.6 Å². The van der Waals surface area contributed by atoms with Gasteiger partial charge < -0.3 is 33.2 Å². The van der Waals surface area contributed by atoms with Crippen molar-refractivity contribution < 1.29 is 32.7 Å². The summed E-state index contributed by atoms with van der Waals surface area (Å²) in [5, 5.41) is 10.7. The van der Waals surface area contributed by atoms with Crippen molar-refractivity contribution in [3.05, 3.63) is 0 Å². The van der Waals surface area contributed by atoms with Crippen molar-refractivity contribution in [2.75, 3.05) is 46.7 Å². The van der Waals surface area contributed by atoms with Gasteiger partial charge in [-0.25, -0.2) is 4.79 Å². The molecule has 8 nitrogen and oxygen atoms in total. The first-order valence-electron chi connectivity index (χ1n) is 8.52. The Morgan fingerprint density at radius 1 is 1.12 bits per heavy atom. The lowest BCUT2D eigenvalue weighted by Gasteiger charge is -2.29. The van der Waals surface area contributed by atoms with Crippen LogP contribution in [0.3, 0.4) is 0 Å². The Balaban J connectivity index is 4.16. The van der Waals surface area contributed by atoms with E-state index in [1.807, 2.05) is 20.8 Å². The van der Waals surface area contributed by atoms with Crippen LogP contribution in [0, 0.1) is 0 Å². The van der Waals surface area contributed by atoms with Gasteiger partial charge in [-0.15, -0.1) is 0 Å². The average molecular weight is 368 g/mol. The molecule has 0 aromatic carbocycles. The Kier molecular flexibility index (Phi) is 14.2. The smallest absolute Gasteiger partial charge is 0.465 e. The molecule has 0 aromatic rings. The number of nitrogens with one attached hydrogen (secondary N) is 1. The van der Waals surface area contributed by atoms with E-state index in [0.717, 1.165) is 18.9 Å². The van der Waals surface area contributed by atoms with Crippen molar-refractivity contribution in [2.45, 2.75) is 45.8 Å². The van der Waals surface area contributed by atoms with E-state index < -0.39 is 14.9 Å². The Morgan fingerprint density at radius 3 is 2.17 bits per heavy atom. The van der Waals surface area contributed by atoms with Crippen LogP contribution in [-0.4, -0.2) is 72.8 Å². The maximum Gasteiger partial charge on any atom is 0.500 e. The molecule has 1 atom stereocenters. The van der Waals surface area contributed by atoms with Gasteiger partial charge in [0, 0.05) is 39.5 Å². The topological polar surface area (TPSA) is 95.5 Å². The third-order valence-electron chi connectivity index (χ3n) is 3.26. The fourth-order valence-electron chi connectivity index (χ4n) is 2.26. The van der Waals surface area contributed by atoms with E-state index in [2.05, 4.69) is 5.32 Å². The summed E-state index contributed by atoms with van der Waals surface area (Å²) in [5.74, 6) is 0. The molecule has 2 N–H and O–H groups in total. The summed E-state index contributed by atoms with van der Waals surface area (Å²) in [6, 6.07) is 0.739. The van der Waals surface area contributed by atoms with E-state index in [1.165, 1.54) is 0 Å². The SMILES string of the molecule is CCO[Si](CCCC(COCCNC(=O)O)OC)(OCC)OCC. The van der Waals surface area contributed by atoms with Crippen LogP contribution in [0.5, 0.6) is 0 Å². The highest BCUT2D eigenvalue weighted by atomic mass is 28.4. The van der Waals surface area contributed by atoms with Crippen molar-refractivity contribution >= 4 is 14.9 Å². The standard InChI is InChI=1S/C15H33NO7Si/c1-5-21-24(22-6-2,23-7-3)12-8-9-14(19-4)13-20-11-10-16-15(17)18/h14,16H,5-13H2,1-4H3,(H,17,18). The number of methoxy groups -OCH3 is 1. The minimum absolute atomic E-state index is 0.0496. The predicted molar refractivity (Wildman–Crippen MR) is 92.3 cm³/mol. The quantitative estimate of drug-likeness (QED) is 0.319. The lowest BCUT2D eigenvalue weighted by molar-refractivity contribution is 0.00398. The van der Waals surface area contributed by atoms with Crippen LogP contribution < -0.4 is 5.32 Å². The molecule has 24 heavy (non-hydrogen) atoms. The number of amides is 1. The lowest BCUT2D eigenvalue weighted by Crippen LogP contribution is -2.46. The molecule has 0 fully saturated rings. The molecule has 0 heterocycles. The molecule has 0 spiro atoms. The van der Waals surface area contributed by atoms with Crippen molar-refractivity contribution in [1.82, 2.24) is 5.32 Å². The molecule has 144 valence electrons. The third-order valence-corrected chi connectivity index (χ3v) is 6.41. The van der Waals surface area contributed by atoms with E-state index in [9.17, 15) is 4.79 Å². The van der Waals surface area contributed by atoms with Gasteiger partial charge in [-0.3, -0.25) is 0 Å². The van der Waals surface area contributed by atoms with Gasteiger partial charge in [0.1, 0.15) is 0 Å². The molecule has 0 aliphatic carbocycles. The lowest BCUT2D eigenvalue weighted by atomic mass is 10.2. The summed E-state index contributed by atoms with van der Waals surface area (Å²) in [4.78, 5) is 10.3. The summed E-state index contributed by atoms with van der Waals surface area (Å²) in [5.41, 5.74) is 0. The summed E-state index contributed by atoms with van der Waals surface area (Å²) >= 11 is 0. The van der Waals surface area contributed by atoms with Crippen molar-refractivity contribution in [1.29, 1.82) is 0 Å². The largest absolute Gasteiger partial charge is 0.500 e. The Bertz CT molecular complexity index is 303. The van der Waals surface area contributed by atoms with Gasteiger partial charge in [0.2, 0.25) is 0 Å². The van der Waals surface area contributed by atoms with Gasteiger partial charge in [0.15, 0.2) is 0 Å². The molecule has 0 aromatic heterocycles. The summed E-state index contributed by atoms with van der Waals surface area (Å²) in [7, 11) is -0.963. The van der Waals surface area contributed by atoms with Crippen LogP contribution in [0.2, 0.25) is 6.04 Å². The first-order chi connectivity index (χ1) is 11.5. The molecule has 0 bridgehead atoms. The van der Waals surface area contributed by atoms with Crippen molar-refractivity contribution in [3.8, 4) is 0 Å².